The van der Waals surface area contributed by atoms with Crippen LogP contribution in [-0.4, -0.2) is 38.1 Å². The molecule has 4 aromatic rings. The number of carbonyl (C=O) groups excluding carboxylic acids is 2. The Hall–Kier alpha value is -4.53. The molecule has 1 aliphatic heterocycles. The minimum atomic E-state index is -0.369. The number of hydrogen-bond acceptors (Lipinski definition) is 6. The number of nitrogens with one attached hydrogen (secondary N) is 3. The lowest BCUT2D eigenvalue weighted by molar-refractivity contribution is -0.111. The Balaban J connectivity index is 1.63. The lowest BCUT2D eigenvalue weighted by Crippen LogP contribution is -2.18. The van der Waals surface area contributed by atoms with Gasteiger partial charge in [-0.2, -0.15) is 10.2 Å². The molecule has 2 amide bonds. The van der Waals surface area contributed by atoms with Crippen LogP contribution in [0.5, 0.6) is 0 Å². The third-order valence-corrected chi connectivity index (χ3v) is 6.25. The standard InChI is InChI=1S/C27H27N7O2/c1-3-25(35)31-20-12-18-11-19(13-20)26(36)33-27-32-22-8-4-5-9-24(22)34(27)16-17(2)7-6-10-28-23-15-30-29-14-21(18)23/h3-5,8-9,11-15,17,28H,1,6-7,10,16H2,2H3,(H,31,35)(H,32,33,36)/t17-/m1/s1. The molecule has 3 N–H and O–H groups in total. The molecule has 9 heteroatoms. The summed E-state index contributed by atoms with van der Waals surface area (Å²) in [6, 6.07) is 13.1. The van der Waals surface area contributed by atoms with Crippen molar-refractivity contribution in [1.29, 1.82) is 0 Å². The number of nitrogens with zero attached hydrogens (tertiary/aromatic N) is 4. The third kappa shape index (κ3) is 4.81. The summed E-state index contributed by atoms with van der Waals surface area (Å²) in [5, 5.41) is 17.3. The van der Waals surface area contributed by atoms with E-state index in [1.165, 1.54) is 6.08 Å². The van der Waals surface area contributed by atoms with Gasteiger partial charge in [0.05, 0.1) is 29.1 Å². The Morgan fingerprint density at radius 2 is 1.97 bits per heavy atom. The Labute approximate surface area is 208 Å². The lowest BCUT2D eigenvalue weighted by atomic mass is 10.0. The average Bonchev–Trinajstić information content (AvgIpc) is 3.22. The highest BCUT2D eigenvalue weighted by atomic mass is 16.2. The van der Waals surface area contributed by atoms with Gasteiger partial charge in [-0.25, -0.2) is 4.98 Å². The zero-order valence-electron chi connectivity index (χ0n) is 20.0. The molecule has 0 spiro atoms. The first-order valence-corrected chi connectivity index (χ1v) is 11.9. The monoisotopic (exact) mass is 481 g/mol. The molecule has 2 aromatic carbocycles. The van der Waals surface area contributed by atoms with Crippen LogP contribution in [0, 0.1) is 5.92 Å². The minimum absolute atomic E-state index is 0.332. The first-order chi connectivity index (χ1) is 17.5. The number of hydrogen-bond donors (Lipinski definition) is 3. The Morgan fingerprint density at radius 1 is 1.17 bits per heavy atom. The van der Waals surface area contributed by atoms with Crippen LogP contribution in [0.25, 0.3) is 22.2 Å². The molecule has 0 unspecified atom stereocenters. The number of rotatable bonds is 2. The Bertz CT molecular complexity index is 1460. The van der Waals surface area contributed by atoms with Crippen molar-refractivity contribution in [2.45, 2.75) is 26.3 Å². The van der Waals surface area contributed by atoms with Crippen molar-refractivity contribution in [3.8, 4) is 11.1 Å². The number of aromatic nitrogens is 4. The quantitative estimate of drug-likeness (QED) is 0.357. The highest BCUT2D eigenvalue weighted by molar-refractivity contribution is 6.07. The normalized spacial score (nSPS) is 15.9. The summed E-state index contributed by atoms with van der Waals surface area (Å²) < 4.78 is 2.07. The fourth-order valence-electron chi connectivity index (χ4n) is 4.48. The molecular weight excluding hydrogens is 454 g/mol. The van der Waals surface area contributed by atoms with Gasteiger partial charge in [-0.1, -0.05) is 25.6 Å². The molecule has 9 nitrogen and oxygen atoms in total. The molecule has 1 aliphatic rings. The lowest BCUT2D eigenvalue weighted by Gasteiger charge is -2.16. The van der Waals surface area contributed by atoms with Crippen LogP contribution in [0.2, 0.25) is 0 Å². The first-order valence-electron chi connectivity index (χ1n) is 11.9. The molecular formula is C27H27N7O2. The van der Waals surface area contributed by atoms with Crippen LogP contribution in [0.4, 0.5) is 17.3 Å². The van der Waals surface area contributed by atoms with E-state index in [1.807, 2.05) is 24.3 Å². The topological polar surface area (TPSA) is 114 Å². The Kier molecular flexibility index (Phi) is 6.44. The van der Waals surface area contributed by atoms with E-state index < -0.39 is 0 Å². The van der Waals surface area contributed by atoms with Gasteiger partial charge in [-0.05, 0) is 60.7 Å². The summed E-state index contributed by atoms with van der Waals surface area (Å²) in [5.74, 6) is 0.157. The largest absolute Gasteiger partial charge is 0.383 e. The number of imidazole rings is 1. The molecule has 0 saturated heterocycles. The number of anilines is 3. The van der Waals surface area contributed by atoms with Gasteiger partial charge in [0.1, 0.15) is 0 Å². The van der Waals surface area contributed by atoms with E-state index in [2.05, 4.69) is 44.2 Å². The van der Waals surface area contributed by atoms with Gasteiger partial charge in [-0.15, -0.1) is 0 Å². The molecule has 36 heavy (non-hydrogen) atoms. The zero-order valence-corrected chi connectivity index (χ0v) is 20.0. The van der Waals surface area contributed by atoms with Gasteiger partial charge in [0, 0.05) is 29.9 Å². The predicted molar refractivity (Wildman–Crippen MR) is 141 cm³/mol. The maximum absolute atomic E-state index is 13.5. The van der Waals surface area contributed by atoms with Crippen LogP contribution in [-0.2, 0) is 11.3 Å². The second kappa shape index (κ2) is 9.99. The van der Waals surface area contributed by atoms with Gasteiger partial charge in [0.15, 0.2) is 0 Å². The molecule has 0 fully saturated rings. The first kappa shape index (κ1) is 23.2. The molecule has 1 atom stereocenters. The fraction of sp³-hybridized carbons (Fsp3) is 0.222. The smallest absolute Gasteiger partial charge is 0.258 e. The molecule has 2 aromatic heterocycles. The fourth-order valence-corrected chi connectivity index (χ4v) is 4.48. The van der Waals surface area contributed by atoms with Crippen molar-refractivity contribution in [3.05, 3.63) is 73.1 Å². The van der Waals surface area contributed by atoms with Crippen LogP contribution in [0.15, 0.2) is 67.5 Å². The molecule has 0 saturated carbocycles. The van der Waals surface area contributed by atoms with Crippen molar-refractivity contribution >= 4 is 40.2 Å². The van der Waals surface area contributed by atoms with Crippen LogP contribution in [0.1, 0.15) is 30.1 Å². The number of para-hydroxylation sites is 2. The highest BCUT2D eigenvalue weighted by Crippen LogP contribution is 2.31. The number of benzene rings is 2. The average molecular weight is 482 g/mol. The zero-order chi connectivity index (χ0) is 25.1. The third-order valence-electron chi connectivity index (χ3n) is 6.25. The van der Waals surface area contributed by atoms with Gasteiger partial charge in [0.2, 0.25) is 11.9 Å². The molecule has 182 valence electrons. The van der Waals surface area contributed by atoms with Crippen LogP contribution in [0.3, 0.4) is 0 Å². The van der Waals surface area contributed by atoms with E-state index in [0.717, 1.165) is 53.8 Å². The van der Waals surface area contributed by atoms with E-state index in [9.17, 15) is 9.59 Å². The summed E-state index contributed by atoms with van der Waals surface area (Å²) in [4.78, 5) is 30.3. The highest BCUT2D eigenvalue weighted by Gasteiger charge is 2.19. The summed E-state index contributed by atoms with van der Waals surface area (Å²) in [6.45, 7) is 7.21. The van der Waals surface area contributed by atoms with Crippen molar-refractivity contribution < 1.29 is 9.59 Å². The number of carbonyl (C=O) groups is 2. The van der Waals surface area contributed by atoms with Gasteiger partial charge >= 0.3 is 0 Å². The van der Waals surface area contributed by atoms with Gasteiger partial charge < -0.3 is 15.2 Å². The number of amides is 2. The Morgan fingerprint density at radius 3 is 2.83 bits per heavy atom. The van der Waals surface area contributed by atoms with E-state index in [0.29, 0.717) is 23.1 Å². The molecule has 5 rings (SSSR count). The van der Waals surface area contributed by atoms with Crippen molar-refractivity contribution in [2.75, 3.05) is 22.5 Å². The van der Waals surface area contributed by atoms with Crippen molar-refractivity contribution in [2.24, 2.45) is 5.92 Å². The molecule has 2 bridgehead atoms. The second-order valence-electron chi connectivity index (χ2n) is 8.97. The van der Waals surface area contributed by atoms with Gasteiger partial charge in [0.25, 0.3) is 5.91 Å². The van der Waals surface area contributed by atoms with E-state index in [4.69, 9.17) is 4.98 Å². The van der Waals surface area contributed by atoms with Crippen molar-refractivity contribution in [1.82, 2.24) is 19.7 Å². The number of fused-ring (bicyclic) bond motifs is 7. The second-order valence-corrected chi connectivity index (χ2v) is 8.97. The summed E-state index contributed by atoms with van der Waals surface area (Å²) in [7, 11) is 0. The van der Waals surface area contributed by atoms with E-state index in [-0.39, 0.29) is 11.8 Å². The molecule has 3 heterocycles. The molecule has 0 aliphatic carbocycles. The summed E-state index contributed by atoms with van der Waals surface area (Å²) in [6.07, 6.45) is 6.46. The minimum Gasteiger partial charge on any atom is -0.383 e. The van der Waals surface area contributed by atoms with E-state index >= 15 is 0 Å². The van der Waals surface area contributed by atoms with Crippen LogP contribution < -0.4 is 16.0 Å². The summed E-state index contributed by atoms with van der Waals surface area (Å²) in [5.41, 5.74) is 4.94. The van der Waals surface area contributed by atoms with Crippen molar-refractivity contribution in [3.63, 3.8) is 0 Å². The predicted octanol–water partition coefficient (Wildman–Crippen LogP) is 4.71. The van der Waals surface area contributed by atoms with E-state index in [1.54, 1.807) is 30.6 Å². The van der Waals surface area contributed by atoms with Gasteiger partial charge in [-0.3, -0.25) is 14.9 Å². The maximum Gasteiger partial charge on any atom is 0.258 e. The maximum atomic E-state index is 13.5. The SMILES string of the molecule is C=CC(=O)Nc1cc2cc(c1)-c1cnncc1NCCC[C@@H](C)Cn1c(nc3ccccc31)NC2=O. The molecule has 0 radical (unpaired) electrons. The van der Waals surface area contributed by atoms with Crippen LogP contribution >= 0.6 is 0 Å². The summed E-state index contributed by atoms with van der Waals surface area (Å²) >= 11 is 0.